The number of esters is 4. The summed E-state index contributed by atoms with van der Waals surface area (Å²) in [5.41, 5.74) is 0. The van der Waals surface area contributed by atoms with Crippen LogP contribution < -0.4 is 0 Å². The zero-order valence-corrected chi connectivity index (χ0v) is 71.2. The van der Waals surface area contributed by atoms with Gasteiger partial charge in [-0.15, -0.1) is 0 Å². The van der Waals surface area contributed by atoms with Crippen molar-refractivity contribution in [3.63, 3.8) is 0 Å². The molecule has 0 amide bonds. The minimum Gasteiger partial charge on any atom is -0.462 e. The molecule has 17 nitrogen and oxygen atoms in total. The molecule has 0 bridgehead atoms. The lowest BCUT2D eigenvalue weighted by Crippen LogP contribution is -2.30. The summed E-state index contributed by atoms with van der Waals surface area (Å²) >= 11 is 0. The first kappa shape index (κ1) is 103. The van der Waals surface area contributed by atoms with Crippen molar-refractivity contribution in [2.75, 3.05) is 39.6 Å². The van der Waals surface area contributed by atoms with Gasteiger partial charge in [0.05, 0.1) is 26.4 Å². The molecular weight excluding hydrogens is 1370 g/mol. The van der Waals surface area contributed by atoms with Crippen molar-refractivity contribution in [2.45, 2.75) is 465 Å². The summed E-state index contributed by atoms with van der Waals surface area (Å²) < 4.78 is 68.8. The first-order valence-electron chi connectivity index (χ1n) is 44.2. The van der Waals surface area contributed by atoms with E-state index in [-0.39, 0.29) is 25.7 Å². The third-order valence-corrected chi connectivity index (χ3v) is 22.3. The molecule has 0 aromatic carbocycles. The molecule has 0 aliphatic carbocycles. The Kier molecular flexibility index (Phi) is 73.4. The van der Waals surface area contributed by atoms with Gasteiger partial charge in [-0.25, -0.2) is 9.13 Å². The molecule has 4 unspecified atom stereocenters. The van der Waals surface area contributed by atoms with E-state index >= 15 is 0 Å². The second-order valence-corrected chi connectivity index (χ2v) is 35.5. The van der Waals surface area contributed by atoms with Crippen LogP contribution in [0.3, 0.4) is 0 Å². The van der Waals surface area contributed by atoms with E-state index in [2.05, 4.69) is 55.4 Å². The van der Waals surface area contributed by atoms with Crippen LogP contribution in [0, 0.1) is 23.7 Å². The van der Waals surface area contributed by atoms with Gasteiger partial charge in [-0.3, -0.25) is 37.3 Å². The lowest BCUT2D eigenvalue weighted by Gasteiger charge is -2.21. The first-order valence-corrected chi connectivity index (χ1v) is 47.2. The molecule has 0 aliphatic rings. The van der Waals surface area contributed by atoms with Crippen LogP contribution in [0.1, 0.15) is 447 Å². The van der Waals surface area contributed by atoms with Crippen LogP contribution in [0.25, 0.3) is 0 Å². The Morgan fingerprint density at radius 3 is 0.676 bits per heavy atom. The lowest BCUT2D eigenvalue weighted by molar-refractivity contribution is -0.161. The highest BCUT2D eigenvalue weighted by molar-refractivity contribution is 7.47. The Morgan fingerprint density at radius 2 is 0.457 bits per heavy atom. The van der Waals surface area contributed by atoms with Gasteiger partial charge in [0.25, 0.3) is 0 Å². The largest absolute Gasteiger partial charge is 0.472 e. The summed E-state index contributed by atoms with van der Waals surface area (Å²) in [6.07, 6.45) is 64.1. The van der Waals surface area contributed by atoms with Crippen molar-refractivity contribution >= 4 is 39.5 Å². The maximum Gasteiger partial charge on any atom is 0.472 e. The highest BCUT2D eigenvalue weighted by Crippen LogP contribution is 2.45. The maximum absolute atomic E-state index is 13.1. The maximum atomic E-state index is 13.1. The fourth-order valence-electron chi connectivity index (χ4n) is 13.3. The van der Waals surface area contributed by atoms with Crippen LogP contribution in [-0.4, -0.2) is 96.7 Å². The summed E-state index contributed by atoms with van der Waals surface area (Å²) in [5, 5.41) is 10.7. The zero-order valence-electron chi connectivity index (χ0n) is 69.4. The molecule has 0 aromatic rings. The molecule has 0 spiro atoms. The van der Waals surface area contributed by atoms with E-state index in [4.69, 9.17) is 37.0 Å². The number of hydrogen-bond donors (Lipinski definition) is 3. The monoisotopic (exact) mass is 1540 g/mol. The smallest absolute Gasteiger partial charge is 0.462 e. The van der Waals surface area contributed by atoms with Crippen LogP contribution in [0.4, 0.5) is 0 Å². The summed E-state index contributed by atoms with van der Waals surface area (Å²) in [7, 11) is -9.93. The predicted octanol–water partition coefficient (Wildman–Crippen LogP) is 25.9. The molecule has 0 radical (unpaired) electrons. The average molecular weight is 1540 g/mol. The quantitative estimate of drug-likeness (QED) is 0.0222. The molecular formula is C86H168O17P2. The van der Waals surface area contributed by atoms with E-state index in [0.29, 0.717) is 31.6 Å². The highest BCUT2D eigenvalue weighted by Gasteiger charge is 2.31. The molecule has 19 heteroatoms. The van der Waals surface area contributed by atoms with E-state index in [1.165, 1.54) is 244 Å². The molecule has 0 aromatic heterocycles. The van der Waals surface area contributed by atoms with Crippen molar-refractivity contribution < 1.29 is 80.2 Å². The molecule has 0 fully saturated rings. The van der Waals surface area contributed by atoms with Gasteiger partial charge in [0.1, 0.15) is 19.3 Å². The van der Waals surface area contributed by atoms with Gasteiger partial charge in [-0.1, -0.05) is 396 Å². The van der Waals surface area contributed by atoms with Gasteiger partial charge in [0.15, 0.2) is 12.2 Å². The van der Waals surface area contributed by atoms with E-state index < -0.39 is 97.5 Å². The van der Waals surface area contributed by atoms with Gasteiger partial charge in [-0.2, -0.15) is 0 Å². The van der Waals surface area contributed by atoms with Gasteiger partial charge < -0.3 is 33.8 Å². The summed E-state index contributed by atoms with van der Waals surface area (Å²) in [4.78, 5) is 73.1. The molecule has 3 N–H and O–H groups in total. The second kappa shape index (κ2) is 74.8. The number of carbonyl (C=O) groups excluding carboxylic acids is 4. The van der Waals surface area contributed by atoms with Gasteiger partial charge >= 0.3 is 39.5 Å². The number of ether oxygens (including phenoxy) is 4. The SMILES string of the molecule is CCC(C)CCCCCCCCCCCCCCCCCCCCC(=O)OC[C@H](COP(=O)(O)OCC(O)COP(=O)(O)OC[C@@H](COC(=O)CCCCCCCCCC(C)C)OC(=O)CCCCCCCCCCCC(C)C)OC(=O)CCCCCCCCCCCCCCCCCCCCC(C)C. The number of hydrogen-bond acceptors (Lipinski definition) is 15. The standard InChI is InChI=1S/C86H168O17P2/c1-9-79(8)65-57-49-41-33-27-23-19-15-11-13-16-20-24-28-34-42-50-58-66-83(88)96-72-81(102-85(90)68-60-52-43-35-29-25-21-17-12-10-14-18-22-26-31-38-46-54-62-76(2)3)74-100-104(92,93)98-70-80(87)71-99-105(94,95)101-75-82(73-97-84(89)67-59-51-45-37-40-48-56-64-78(6)7)103-86(91)69-61-53-44-36-30-32-39-47-55-63-77(4)5/h76-82,87H,9-75H2,1-8H3,(H,92,93)(H,94,95)/t79?,80?,81-,82-/m1/s1. The normalized spacial score (nSPS) is 14.2. The Labute approximate surface area is 645 Å². The number of aliphatic hydroxyl groups excluding tert-OH is 1. The first-order chi connectivity index (χ1) is 50.6. The number of rotatable bonds is 83. The van der Waals surface area contributed by atoms with Crippen molar-refractivity contribution in [3.8, 4) is 0 Å². The van der Waals surface area contributed by atoms with Gasteiger partial charge in [0.2, 0.25) is 0 Å². The van der Waals surface area contributed by atoms with E-state index in [1.807, 2.05) is 0 Å². The van der Waals surface area contributed by atoms with Crippen LogP contribution in [-0.2, 0) is 65.4 Å². The number of unbranched alkanes of at least 4 members (excludes halogenated alkanes) is 48. The second-order valence-electron chi connectivity index (χ2n) is 32.6. The lowest BCUT2D eigenvalue weighted by atomic mass is 9.99. The molecule has 0 heterocycles. The molecule has 6 atom stereocenters. The van der Waals surface area contributed by atoms with Crippen molar-refractivity contribution in [1.29, 1.82) is 0 Å². The van der Waals surface area contributed by atoms with Crippen molar-refractivity contribution in [1.82, 2.24) is 0 Å². The fraction of sp³-hybridized carbons (Fsp3) is 0.953. The molecule has 0 rings (SSSR count). The fourth-order valence-corrected chi connectivity index (χ4v) is 14.9. The van der Waals surface area contributed by atoms with Crippen LogP contribution in [0.2, 0.25) is 0 Å². The predicted molar refractivity (Wildman–Crippen MR) is 432 cm³/mol. The van der Waals surface area contributed by atoms with Crippen molar-refractivity contribution in [2.24, 2.45) is 23.7 Å². The molecule has 0 aliphatic heterocycles. The number of phosphoric ester groups is 2. The molecule has 105 heavy (non-hydrogen) atoms. The third kappa shape index (κ3) is 78.5. The number of carbonyl (C=O) groups is 4. The minimum absolute atomic E-state index is 0.104. The Bertz CT molecular complexity index is 2040. The van der Waals surface area contributed by atoms with E-state index in [9.17, 15) is 43.2 Å². The van der Waals surface area contributed by atoms with Gasteiger partial charge in [-0.05, 0) is 49.4 Å². The van der Waals surface area contributed by atoms with E-state index in [0.717, 1.165) is 114 Å². The molecule has 624 valence electrons. The summed E-state index contributed by atoms with van der Waals surface area (Å²) in [6, 6.07) is 0. The molecule has 0 saturated carbocycles. The molecule has 0 saturated heterocycles. The Morgan fingerprint density at radius 1 is 0.267 bits per heavy atom. The van der Waals surface area contributed by atoms with Crippen LogP contribution in [0.5, 0.6) is 0 Å². The number of phosphoric acid groups is 2. The van der Waals surface area contributed by atoms with Crippen LogP contribution >= 0.6 is 15.6 Å². The minimum atomic E-state index is -4.97. The zero-order chi connectivity index (χ0) is 77.4. The Hall–Kier alpha value is -1.94. The topological polar surface area (TPSA) is 237 Å². The third-order valence-electron chi connectivity index (χ3n) is 20.4. The Balaban J connectivity index is 5.20. The van der Waals surface area contributed by atoms with Gasteiger partial charge in [0, 0.05) is 25.7 Å². The summed E-state index contributed by atoms with van der Waals surface area (Å²) in [6.45, 7) is 14.3. The highest BCUT2D eigenvalue weighted by atomic mass is 31.2. The van der Waals surface area contributed by atoms with E-state index in [1.54, 1.807) is 0 Å². The number of aliphatic hydroxyl groups is 1. The average Bonchev–Trinajstić information content (AvgIpc) is 0.917. The summed E-state index contributed by atoms with van der Waals surface area (Å²) in [5.74, 6) is 1.02. The van der Waals surface area contributed by atoms with Crippen LogP contribution in [0.15, 0.2) is 0 Å². The van der Waals surface area contributed by atoms with Crippen molar-refractivity contribution in [3.05, 3.63) is 0 Å².